The van der Waals surface area contributed by atoms with Gasteiger partial charge in [-0.05, 0) is 57.5 Å². The molecule has 1 saturated heterocycles. The number of carbonyl (C=O) groups is 2. The average Bonchev–Trinajstić information content (AvgIpc) is 2.89. The van der Waals surface area contributed by atoms with Gasteiger partial charge in [-0.25, -0.2) is 14.6 Å². The maximum Gasteiger partial charge on any atom is 0.415 e. The molecule has 1 atom stereocenters. The molecule has 12 nitrogen and oxygen atoms in total. The van der Waals surface area contributed by atoms with E-state index in [2.05, 4.69) is 20.5 Å². The first-order valence-corrected chi connectivity index (χ1v) is 12.7. The number of carbonyl (C=O) groups excluding carboxylic acids is 2. The predicted octanol–water partition coefficient (Wildman–Crippen LogP) is 3.92. The Morgan fingerprint density at radius 2 is 1.82 bits per heavy atom. The first-order chi connectivity index (χ1) is 18.1. The highest BCUT2D eigenvalue weighted by Gasteiger charge is 2.27. The van der Waals surface area contributed by atoms with Crippen LogP contribution in [0.2, 0.25) is 0 Å². The minimum absolute atomic E-state index is 0.0140. The van der Waals surface area contributed by atoms with Crippen LogP contribution in [0.5, 0.6) is 5.75 Å². The number of amides is 1. The topological polar surface area (TPSA) is 136 Å². The number of rotatable bonds is 10. The molecule has 1 aromatic heterocycles. The van der Waals surface area contributed by atoms with E-state index in [1.807, 2.05) is 18.7 Å². The Balaban J connectivity index is 1.80. The smallest absolute Gasteiger partial charge is 0.415 e. The third-order valence-corrected chi connectivity index (χ3v) is 5.74. The first-order valence-electron chi connectivity index (χ1n) is 12.7. The van der Waals surface area contributed by atoms with Gasteiger partial charge in [-0.15, -0.1) is 4.91 Å². The van der Waals surface area contributed by atoms with Crippen LogP contribution in [0.4, 0.5) is 22.2 Å². The van der Waals surface area contributed by atoms with Crippen LogP contribution in [-0.2, 0) is 20.7 Å². The number of morpholine rings is 1. The van der Waals surface area contributed by atoms with E-state index >= 15 is 0 Å². The second-order valence-electron chi connectivity index (χ2n) is 9.71. The third-order valence-electron chi connectivity index (χ3n) is 5.74. The van der Waals surface area contributed by atoms with Crippen LogP contribution in [0.3, 0.4) is 0 Å². The molecule has 0 spiro atoms. The van der Waals surface area contributed by atoms with Gasteiger partial charge in [-0.3, -0.25) is 0 Å². The van der Waals surface area contributed by atoms with Crippen molar-refractivity contribution in [2.75, 3.05) is 49.6 Å². The highest BCUT2D eigenvalue weighted by molar-refractivity contribution is 5.81. The molecular weight excluding hydrogens is 492 g/mol. The fourth-order valence-corrected chi connectivity index (χ4v) is 3.77. The molecule has 0 saturated carbocycles. The highest BCUT2D eigenvalue weighted by Crippen LogP contribution is 2.26. The molecule has 1 aliphatic heterocycles. The summed E-state index contributed by atoms with van der Waals surface area (Å²) in [5.41, 5.74) is 0.0382. The normalized spacial score (nSPS) is 14.4. The van der Waals surface area contributed by atoms with E-state index < -0.39 is 23.7 Å². The molecule has 12 heteroatoms. The van der Waals surface area contributed by atoms with Crippen molar-refractivity contribution in [3.63, 3.8) is 0 Å². The molecule has 2 heterocycles. The summed E-state index contributed by atoms with van der Waals surface area (Å²) in [5, 5.41) is 6.08. The monoisotopic (exact) mass is 528 g/mol. The molecule has 0 radical (unpaired) electrons. The summed E-state index contributed by atoms with van der Waals surface area (Å²) in [7, 11) is 0. The fraction of sp³-hybridized carbons (Fsp3) is 0.538. The van der Waals surface area contributed by atoms with Gasteiger partial charge in [0.2, 0.25) is 5.95 Å². The summed E-state index contributed by atoms with van der Waals surface area (Å²) < 4.78 is 16.4. The summed E-state index contributed by atoms with van der Waals surface area (Å²) in [4.78, 5) is 49.2. The van der Waals surface area contributed by atoms with Crippen LogP contribution in [0.15, 0.2) is 35.6 Å². The minimum Gasteiger partial charge on any atom is -0.458 e. The molecule has 2 aromatic rings. The van der Waals surface area contributed by atoms with Gasteiger partial charge in [-0.1, -0.05) is 12.1 Å². The van der Waals surface area contributed by atoms with Crippen molar-refractivity contribution in [1.82, 2.24) is 14.9 Å². The van der Waals surface area contributed by atoms with Gasteiger partial charge in [0.1, 0.15) is 17.4 Å². The van der Waals surface area contributed by atoms with Gasteiger partial charge in [0.15, 0.2) is 11.5 Å². The standard InChI is InChI=1S/C26H36N6O6/c1-6-31(7-2)24-27-17-21(30-35)22(29-24)28-20(23(33)38-26(3,4)5)16-18-8-10-19(11-9-18)37-25(34)32-12-14-36-15-13-32/h8-11,17,20H,6-7,12-16H2,1-5H3,(H,27,28,29)/t20-/m0/s1. The van der Waals surface area contributed by atoms with Crippen molar-refractivity contribution < 1.29 is 23.8 Å². The Bertz CT molecular complexity index is 1090. The van der Waals surface area contributed by atoms with Gasteiger partial charge < -0.3 is 29.3 Å². The number of benzene rings is 1. The Kier molecular flexibility index (Phi) is 9.94. The number of ether oxygens (including phenoxy) is 3. The van der Waals surface area contributed by atoms with Crippen LogP contribution in [-0.4, -0.2) is 78.0 Å². The summed E-state index contributed by atoms with van der Waals surface area (Å²) >= 11 is 0. The maximum absolute atomic E-state index is 13.2. The van der Waals surface area contributed by atoms with Gasteiger partial charge >= 0.3 is 12.1 Å². The molecule has 206 valence electrons. The van der Waals surface area contributed by atoms with Crippen LogP contribution in [0, 0.1) is 4.91 Å². The van der Waals surface area contributed by atoms with Gasteiger partial charge in [0, 0.05) is 32.6 Å². The zero-order valence-corrected chi connectivity index (χ0v) is 22.6. The zero-order valence-electron chi connectivity index (χ0n) is 22.6. The lowest BCUT2D eigenvalue weighted by Crippen LogP contribution is -2.42. The summed E-state index contributed by atoms with van der Waals surface area (Å²) in [6.07, 6.45) is 1.12. The molecular formula is C26H36N6O6. The largest absolute Gasteiger partial charge is 0.458 e. The molecule has 0 aliphatic carbocycles. The second-order valence-corrected chi connectivity index (χ2v) is 9.71. The molecule has 1 fully saturated rings. The molecule has 3 rings (SSSR count). The fourth-order valence-electron chi connectivity index (χ4n) is 3.77. The van der Waals surface area contributed by atoms with E-state index in [1.54, 1.807) is 49.9 Å². The van der Waals surface area contributed by atoms with Crippen molar-refractivity contribution in [1.29, 1.82) is 0 Å². The number of hydrogen-bond donors (Lipinski definition) is 1. The second kappa shape index (κ2) is 13.1. The van der Waals surface area contributed by atoms with E-state index in [-0.39, 0.29) is 17.9 Å². The van der Waals surface area contributed by atoms with Crippen LogP contribution in [0.25, 0.3) is 0 Å². The summed E-state index contributed by atoms with van der Waals surface area (Å²) in [6, 6.07) is 5.99. The van der Waals surface area contributed by atoms with Crippen molar-refractivity contribution in [2.45, 2.75) is 52.7 Å². The minimum atomic E-state index is -0.879. The number of nitroso groups, excluding NO2 is 1. The molecule has 0 unspecified atom stereocenters. The van der Waals surface area contributed by atoms with Crippen molar-refractivity contribution in [2.24, 2.45) is 5.18 Å². The van der Waals surface area contributed by atoms with Gasteiger partial charge in [-0.2, -0.15) is 4.98 Å². The van der Waals surface area contributed by atoms with E-state index in [0.717, 1.165) is 5.56 Å². The Morgan fingerprint density at radius 1 is 1.16 bits per heavy atom. The van der Waals surface area contributed by atoms with E-state index in [1.165, 1.54) is 6.20 Å². The first kappa shape index (κ1) is 28.8. The number of esters is 1. The Morgan fingerprint density at radius 3 is 2.39 bits per heavy atom. The number of hydrogen-bond acceptors (Lipinski definition) is 11. The van der Waals surface area contributed by atoms with Crippen LogP contribution >= 0.6 is 0 Å². The zero-order chi connectivity index (χ0) is 27.7. The molecule has 1 aliphatic rings. The van der Waals surface area contributed by atoms with E-state index in [0.29, 0.717) is 51.1 Å². The Hall–Kier alpha value is -3.80. The van der Waals surface area contributed by atoms with Crippen molar-refractivity contribution in [3.05, 3.63) is 40.9 Å². The maximum atomic E-state index is 13.2. The lowest BCUT2D eigenvalue weighted by atomic mass is 10.1. The summed E-state index contributed by atoms with van der Waals surface area (Å²) in [5.74, 6) is 0.433. The van der Waals surface area contributed by atoms with Gasteiger partial charge in [0.05, 0.1) is 19.4 Å². The molecule has 38 heavy (non-hydrogen) atoms. The van der Waals surface area contributed by atoms with Crippen LogP contribution < -0.4 is 15.0 Å². The number of nitrogens with zero attached hydrogens (tertiary/aromatic N) is 5. The lowest BCUT2D eigenvalue weighted by Gasteiger charge is -2.26. The number of anilines is 2. The van der Waals surface area contributed by atoms with E-state index in [4.69, 9.17) is 14.2 Å². The highest BCUT2D eigenvalue weighted by atomic mass is 16.6. The lowest BCUT2D eigenvalue weighted by molar-refractivity contribution is -0.155. The average molecular weight is 529 g/mol. The van der Waals surface area contributed by atoms with E-state index in [9.17, 15) is 14.5 Å². The quantitative estimate of drug-likeness (QED) is 0.357. The van der Waals surface area contributed by atoms with Crippen molar-refractivity contribution in [3.8, 4) is 5.75 Å². The molecule has 1 amide bonds. The molecule has 1 N–H and O–H groups in total. The molecule has 1 aromatic carbocycles. The number of aromatic nitrogens is 2. The SMILES string of the molecule is CCN(CC)c1ncc(N=O)c(N[C@@H](Cc2ccc(OC(=O)N3CCOCC3)cc2)C(=O)OC(C)(C)C)n1. The summed E-state index contributed by atoms with van der Waals surface area (Å²) in [6.45, 7) is 12.5. The Labute approximate surface area is 222 Å². The molecule has 0 bridgehead atoms. The third kappa shape index (κ3) is 8.10. The van der Waals surface area contributed by atoms with Gasteiger partial charge in [0.25, 0.3) is 0 Å². The van der Waals surface area contributed by atoms with Crippen LogP contribution in [0.1, 0.15) is 40.2 Å². The van der Waals surface area contributed by atoms with Crippen molar-refractivity contribution >= 4 is 29.5 Å². The number of nitrogens with one attached hydrogen (secondary N) is 1. The predicted molar refractivity (Wildman–Crippen MR) is 143 cm³/mol.